The van der Waals surface area contributed by atoms with E-state index in [9.17, 15) is 4.79 Å². The molecule has 0 radical (unpaired) electrons. The lowest BCUT2D eigenvalue weighted by Gasteiger charge is -2.22. The molecule has 0 N–H and O–H groups in total. The second-order valence-electron chi connectivity index (χ2n) is 4.13. The molecule has 0 aliphatic rings. The number of ether oxygens (including phenoxy) is 1. The molecule has 5 nitrogen and oxygen atoms in total. The van der Waals surface area contributed by atoms with Gasteiger partial charge in [-0.2, -0.15) is 5.10 Å². The van der Waals surface area contributed by atoms with Crippen LogP contribution in [0, 0.1) is 0 Å². The van der Waals surface area contributed by atoms with Gasteiger partial charge >= 0.3 is 5.97 Å². The number of rotatable bonds is 2. The third-order valence-corrected chi connectivity index (χ3v) is 3.20. The van der Waals surface area contributed by atoms with Crippen LogP contribution in [0.4, 0.5) is 0 Å². The highest BCUT2D eigenvalue weighted by Gasteiger charge is 2.34. The molecule has 2 aromatic heterocycles. The van der Waals surface area contributed by atoms with Crippen LogP contribution in [0.25, 0.3) is 11.0 Å². The number of pyridine rings is 1. The minimum atomic E-state index is -0.895. The fraction of sp³-hybridized carbons (Fsp3) is 0.364. The highest BCUT2D eigenvalue weighted by molar-refractivity contribution is 9.10. The third kappa shape index (κ3) is 1.82. The van der Waals surface area contributed by atoms with Gasteiger partial charge in [0.25, 0.3) is 0 Å². The summed E-state index contributed by atoms with van der Waals surface area (Å²) in [5.41, 5.74) is -0.248. The Morgan fingerprint density at radius 3 is 2.88 bits per heavy atom. The molecule has 0 aliphatic carbocycles. The number of methoxy groups -OCH3 is 1. The first-order valence-corrected chi connectivity index (χ1v) is 5.86. The molecule has 2 aromatic rings. The normalized spacial score (nSPS) is 11.8. The van der Waals surface area contributed by atoms with Crippen LogP contribution < -0.4 is 0 Å². The molecule has 0 saturated carbocycles. The van der Waals surface area contributed by atoms with Crippen LogP contribution in [0.3, 0.4) is 0 Å². The van der Waals surface area contributed by atoms with Gasteiger partial charge in [0.1, 0.15) is 4.60 Å². The van der Waals surface area contributed by atoms with Gasteiger partial charge < -0.3 is 4.74 Å². The van der Waals surface area contributed by atoms with E-state index in [2.05, 4.69) is 26.0 Å². The molecule has 0 unspecified atom stereocenters. The Labute approximate surface area is 107 Å². The Morgan fingerprint density at radius 1 is 1.53 bits per heavy atom. The highest BCUT2D eigenvalue weighted by atomic mass is 79.9. The van der Waals surface area contributed by atoms with Gasteiger partial charge in [0.2, 0.25) is 0 Å². The maximum absolute atomic E-state index is 11.8. The summed E-state index contributed by atoms with van der Waals surface area (Å²) in [5.74, 6) is -0.361. The average molecular weight is 298 g/mol. The van der Waals surface area contributed by atoms with E-state index in [0.29, 0.717) is 10.3 Å². The van der Waals surface area contributed by atoms with Gasteiger partial charge in [0, 0.05) is 6.20 Å². The predicted molar refractivity (Wildman–Crippen MR) is 66.6 cm³/mol. The Morgan fingerprint density at radius 2 is 2.24 bits per heavy atom. The smallest absolute Gasteiger partial charge is 0.333 e. The fourth-order valence-electron chi connectivity index (χ4n) is 1.64. The summed E-state index contributed by atoms with van der Waals surface area (Å²) in [7, 11) is 1.36. The number of hydrogen-bond acceptors (Lipinski definition) is 4. The third-order valence-electron chi connectivity index (χ3n) is 2.61. The first kappa shape index (κ1) is 12.0. The molecule has 17 heavy (non-hydrogen) atoms. The summed E-state index contributed by atoms with van der Waals surface area (Å²) < 4.78 is 7.02. The monoisotopic (exact) mass is 297 g/mol. The quantitative estimate of drug-likeness (QED) is 0.797. The molecular weight excluding hydrogens is 286 g/mol. The van der Waals surface area contributed by atoms with E-state index in [1.54, 1.807) is 24.7 Å². The van der Waals surface area contributed by atoms with Crippen molar-refractivity contribution in [3.8, 4) is 0 Å². The summed E-state index contributed by atoms with van der Waals surface area (Å²) in [6.45, 7) is 3.48. The lowest BCUT2D eigenvalue weighted by molar-refractivity contribution is -0.149. The highest BCUT2D eigenvalue weighted by Crippen LogP contribution is 2.27. The van der Waals surface area contributed by atoms with Gasteiger partial charge in [-0.15, -0.1) is 0 Å². The molecule has 0 atom stereocenters. The maximum Gasteiger partial charge on any atom is 0.333 e. The molecule has 0 spiro atoms. The summed E-state index contributed by atoms with van der Waals surface area (Å²) in [4.78, 5) is 16.0. The molecule has 0 aliphatic heterocycles. The van der Waals surface area contributed by atoms with Crippen molar-refractivity contribution < 1.29 is 9.53 Å². The van der Waals surface area contributed by atoms with Gasteiger partial charge in [-0.3, -0.25) is 0 Å². The first-order valence-electron chi connectivity index (χ1n) is 5.06. The molecule has 0 fully saturated rings. The minimum absolute atomic E-state index is 0.361. The van der Waals surface area contributed by atoms with Crippen molar-refractivity contribution in [1.82, 2.24) is 14.8 Å². The van der Waals surface area contributed by atoms with Crippen molar-refractivity contribution in [3.63, 3.8) is 0 Å². The van der Waals surface area contributed by atoms with Crippen molar-refractivity contribution in [2.45, 2.75) is 19.4 Å². The van der Waals surface area contributed by atoms with E-state index in [1.807, 2.05) is 12.1 Å². The molecule has 90 valence electrons. The van der Waals surface area contributed by atoms with Crippen LogP contribution >= 0.6 is 15.9 Å². The maximum atomic E-state index is 11.8. The number of nitrogens with zero attached hydrogens (tertiary/aromatic N) is 3. The van der Waals surface area contributed by atoms with E-state index < -0.39 is 5.54 Å². The van der Waals surface area contributed by atoms with Crippen LogP contribution in [0.5, 0.6) is 0 Å². The largest absolute Gasteiger partial charge is 0.467 e. The van der Waals surface area contributed by atoms with Crippen LogP contribution in [-0.4, -0.2) is 27.8 Å². The Bertz CT molecular complexity index is 577. The number of hydrogen-bond donors (Lipinski definition) is 0. The van der Waals surface area contributed by atoms with E-state index >= 15 is 0 Å². The van der Waals surface area contributed by atoms with Gasteiger partial charge in [-0.05, 0) is 41.9 Å². The number of carbonyl (C=O) groups is 1. The zero-order valence-corrected chi connectivity index (χ0v) is 11.4. The van der Waals surface area contributed by atoms with E-state index in [1.165, 1.54) is 7.11 Å². The number of fused-ring (bicyclic) bond motifs is 1. The number of halogens is 1. The second-order valence-corrected chi connectivity index (χ2v) is 4.88. The topological polar surface area (TPSA) is 57.0 Å². The first-order chi connectivity index (χ1) is 7.98. The van der Waals surface area contributed by atoms with Crippen molar-refractivity contribution in [2.75, 3.05) is 7.11 Å². The molecule has 0 saturated heterocycles. The van der Waals surface area contributed by atoms with E-state index in [0.717, 1.165) is 5.39 Å². The van der Waals surface area contributed by atoms with E-state index in [-0.39, 0.29) is 5.97 Å². The van der Waals surface area contributed by atoms with Crippen molar-refractivity contribution in [3.05, 3.63) is 22.9 Å². The second kappa shape index (κ2) is 4.10. The number of esters is 1. The summed E-state index contributed by atoms with van der Waals surface area (Å²) in [6.07, 6.45) is 1.67. The van der Waals surface area contributed by atoms with Crippen molar-refractivity contribution >= 4 is 32.9 Å². The van der Waals surface area contributed by atoms with Crippen LogP contribution in [0.15, 0.2) is 22.9 Å². The molecule has 0 bridgehead atoms. The minimum Gasteiger partial charge on any atom is -0.467 e. The molecule has 0 aromatic carbocycles. The van der Waals surface area contributed by atoms with Crippen molar-refractivity contribution in [2.24, 2.45) is 0 Å². The Kier molecular flexibility index (Phi) is 2.91. The zero-order valence-electron chi connectivity index (χ0n) is 9.77. The molecular formula is C11H12BrN3O2. The van der Waals surface area contributed by atoms with Crippen LogP contribution in [-0.2, 0) is 15.1 Å². The molecule has 2 rings (SSSR count). The average Bonchev–Trinajstić information content (AvgIpc) is 2.67. The number of aromatic nitrogens is 3. The molecule has 2 heterocycles. The SMILES string of the molecule is COC(=O)C(C)(C)n1nc(Br)c2cccnc21. The standard InChI is InChI=1S/C11H12BrN3O2/c1-11(2,10(16)17-3)15-9-7(8(12)14-15)5-4-6-13-9/h4-6H,1-3H3. The molecule has 0 amide bonds. The summed E-state index contributed by atoms with van der Waals surface area (Å²) >= 11 is 3.36. The fourth-order valence-corrected chi connectivity index (χ4v) is 2.11. The summed E-state index contributed by atoms with van der Waals surface area (Å²) in [5, 5.41) is 5.17. The van der Waals surface area contributed by atoms with Gasteiger partial charge in [-0.1, -0.05) is 0 Å². The van der Waals surface area contributed by atoms with Gasteiger partial charge in [0.15, 0.2) is 11.2 Å². The van der Waals surface area contributed by atoms with E-state index in [4.69, 9.17) is 4.74 Å². The zero-order chi connectivity index (χ0) is 12.6. The predicted octanol–water partition coefficient (Wildman–Crippen LogP) is 2.10. The van der Waals surface area contributed by atoms with Gasteiger partial charge in [0.05, 0.1) is 12.5 Å². The van der Waals surface area contributed by atoms with Gasteiger partial charge in [-0.25, -0.2) is 14.5 Å². The Hall–Kier alpha value is -1.43. The van der Waals surface area contributed by atoms with Crippen molar-refractivity contribution in [1.29, 1.82) is 0 Å². The lowest BCUT2D eigenvalue weighted by Crippen LogP contribution is -2.37. The number of carbonyl (C=O) groups excluding carboxylic acids is 1. The van der Waals surface area contributed by atoms with Crippen LogP contribution in [0.2, 0.25) is 0 Å². The van der Waals surface area contributed by atoms with Crippen LogP contribution in [0.1, 0.15) is 13.8 Å². The Balaban J connectivity index is 2.68. The molecule has 6 heteroatoms. The summed E-state index contributed by atoms with van der Waals surface area (Å²) in [6, 6.07) is 3.72. The lowest BCUT2D eigenvalue weighted by atomic mass is 10.1.